The number of nitrogens with zero attached hydrogens (tertiary/aromatic N) is 2. The Bertz CT molecular complexity index is 1020. The number of carbonyl (C=O) groups is 1. The molecule has 27 heavy (non-hydrogen) atoms. The molecule has 2 aromatic heterocycles. The third-order valence-corrected chi connectivity index (χ3v) is 4.46. The Morgan fingerprint density at radius 3 is 2.41 bits per heavy atom. The van der Waals surface area contributed by atoms with Crippen LogP contribution in [-0.2, 0) is 16.6 Å². The number of ether oxygens (including phenoxy) is 1. The fourth-order valence-corrected chi connectivity index (χ4v) is 2.69. The van der Waals surface area contributed by atoms with Crippen molar-refractivity contribution in [2.75, 3.05) is 5.32 Å². The van der Waals surface area contributed by atoms with E-state index < -0.39 is 15.9 Å². The molecule has 0 fully saturated rings. The second kappa shape index (κ2) is 7.94. The van der Waals surface area contributed by atoms with Crippen molar-refractivity contribution in [2.45, 2.75) is 11.5 Å². The van der Waals surface area contributed by atoms with Crippen molar-refractivity contribution in [3.05, 3.63) is 78.2 Å². The molecule has 0 saturated heterocycles. The summed E-state index contributed by atoms with van der Waals surface area (Å²) in [6.45, 7) is 0.288. The number of hydrogen-bond donors (Lipinski definition) is 2. The monoisotopic (exact) mass is 384 g/mol. The highest BCUT2D eigenvalue weighted by atomic mass is 32.2. The van der Waals surface area contributed by atoms with Crippen LogP contribution < -0.4 is 15.2 Å². The van der Waals surface area contributed by atoms with E-state index in [9.17, 15) is 13.2 Å². The van der Waals surface area contributed by atoms with E-state index in [-0.39, 0.29) is 17.1 Å². The first-order chi connectivity index (χ1) is 12.9. The molecule has 8 nitrogen and oxygen atoms in total. The standard InChI is InChI=1S/C18H16N4O4S/c19-27(24,25)16-7-4-13(5-8-16)18(23)22-14-6-9-17(21-11-14)26-12-15-3-1-2-10-20-15/h1-11H,12H2,(H,22,23)(H2,19,24,25). The van der Waals surface area contributed by atoms with Crippen LogP contribution in [0.25, 0.3) is 0 Å². The Balaban J connectivity index is 1.60. The highest BCUT2D eigenvalue weighted by molar-refractivity contribution is 7.89. The largest absolute Gasteiger partial charge is 0.471 e. The lowest BCUT2D eigenvalue weighted by Crippen LogP contribution is -2.14. The summed E-state index contributed by atoms with van der Waals surface area (Å²) in [5, 5.41) is 7.70. The molecule has 1 aromatic carbocycles. The van der Waals surface area contributed by atoms with Crippen molar-refractivity contribution in [2.24, 2.45) is 5.14 Å². The molecule has 0 radical (unpaired) electrons. The predicted molar refractivity (Wildman–Crippen MR) is 98.6 cm³/mol. The van der Waals surface area contributed by atoms with E-state index in [1.165, 1.54) is 30.5 Å². The molecule has 0 spiro atoms. The van der Waals surface area contributed by atoms with Crippen LogP contribution in [0, 0.1) is 0 Å². The molecule has 2 heterocycles. The number of carbonyl (C=O) groups excluding carboxylic acids is 1. The number of anilines is 1. The van der Waals surface area contributed by atoms with Crippen LogP contribution in [0.1, 0.15) is 16.1 Å². The normalized spacial score (nSPS) is 11.0. The van der Waals surface area contributed by atoms with Gasteiger partial charge in [-0.15, -0.1) is 0 Å². The summed E-state index contributed by atoms with van der Waals surface area (Å²) >= 11 is 0. The van der Waals surface area contributed by atoms with Crippen molar-refractivity contribution in [3.8, 4) is 5.88 Å². The number of benzene rings is 1. The lowest BCUT2D eigenvalue weighted by atomic mass is 10.2. The summed E-state index contributed by atoms with van der Waals surface area (Å²) in [5.41, 5.74) is 1.54. The summed E-state index contributed by atoms with van der Waals surface area (Å²) in [5.74, 6) is -0.00363. The molecule has 0 bridgehead atoms. The molecule has 0 atom stereocenters. The number of hydrogen-bond acceptors (Lipinski definition) is 6. The van der Waals surface area contributed by atoms with Gasteiger partial charge in [-0.2, -0.15) is 0 Å². The smallest absolute Gasteiger partial charge is 0.255 e. The maximum absolute atomic E-state index is 12.2. The van der Waals surface area contributed by atoms with Gasteiger partial charge in [0, 0.05) is 17.8 Å². The number of aromatic nitrogens is 2. The molecule has 3 aromatic rings. The number of nitrogens with one attached hydrogen (secondary N) is 1. The molecular weight excluding hydrogens is 368 g/mol. The minimum absolute atomic E-state index is 0.0601. The Morgan fingerprint density at radius 1 is 1.04 bits per heavy atom. The van der Waals surface area contributed by atoms with Crippen LogP contribution in [0.3, 0.4) is 0 Å². The van der Waals surface area contributed by atoms with Gasteiger partial charge in [0.05, 0.1) is 22.5 Å². The molecule has 138 valence electrons. The van der Waals surface area contributed by atoms with E-state index in [4.69, 9.17) is 9.88 Å². The maximum Gasteiger partial charge on any atom is 0.255 e. The number of nitrogens with two attached hydrogens (primary N) is 1. The maximum atomic E-state index is 12.2. The molecule has 9 heteroatoms. The van der Waals surface area contributed by atoms with Crippen molar-refractivity contribution in [3.63, 3.8) is 0 Å². The van der Waals surface area contributed by atoms with Gasteiger partial charge >= 0.3 is 0 Å². The number of rotatable bonds is 6. The van der Waals surface area contributed by atoms with E-state index >= 15 is 0 Å². The summed E-state index contributed by atoms with van der Waals surface area (Å²) in [6, 6.07) is 14.1. The number of amides is 1. The Labute approximate surface area is 156 Å². The zero-order chi connectivity index (χ0) is 19.3. The Kier molecular flexibility index (Phi) is 5.43. The molecule has 0 unspecified atom stereocenters. The summed E-state index contributed by atoms with van der Waals surface area (Å²) in [4.78, 5) is 20.4. The highest BCUT2D eigenvalue weighted by Crippen LogP contribution is 2.15. The average Bonchev–Trinajstić information content (AvgIpc) is 2.68. The van der Waals surface area contributed by atoms with Crippen LogP contribution in [-0.4, -0.2) is 24.3 Å². The number of pyridine rings is 2. The van der Waals surface area contributed by atoms with Gasteiger partial charge in [-0.1, -0.05) is 6.07 Å². The van der Waals surface area contributed by atoms with E-state index in [2.05, 4.69) is 15.3 Å². The highest BCUT2D eigenvalue weighted by Gasteiger charge is 2.11. The van der Waals surface area contributed by atoms with Crippen LogP contribution in [0.15, 0.2) is 71.9 Å². The molecule has 0 aliphatic carbocycles. The second-order valence-corrected chi connectivity index (χ2v) is 7.08. The molecule has 3 N–H and O–H groups in total. The van der Waals surface area contributed by atoms with Crippen molar-refractivity contribution in [1.29, 1.82) is 0 Å². The van der Waals surface area contributed by atoms with E-state index in [0.29, 0.717) is 11.6 Å². The lowest BCUT2D eigenvalue weighted by molar-refractivity contribution is 0.102. The van der Waals surface area contributed by atoms with Gasteiger partial charge < -0.3 is 10.1 Å². The molecule has 0 saturated carbocycles. The van der Waals surface area contributed by atoms with E-state index in [0.717, 1.165) is 5.69 Å². The third-order valence-electron chi connectivity index (χ3n) is 3.53. The summed E-state index contributed by atoms with van der Waals surface area (Å²) in [6.07, 6.45) is 3.14. The van der Waals surface area contributed by atoms with Crippen LogP contribution in [0.4, 0.5) is 5.69 Å². The van der Waals surface area contributed by atoms with Gasteiger partial charge in [-0.25, -0.2) is 18.5 Å². The quantitative estimate of drug-likeness (QED) is 0.669. The Morgan fingerprint density at radius 2 is 1.81 bits per heavy atom. The van der Waals surface area contributed by atoms with Gasteiger partial charge in [-0.05, 0) is 42.5 Å². The predicted octanol–water partition coefficient (Wildman–Crippen LogP) is 1.96. The zero-order valence-corrected chi connectivity index (χ0v) is 14.9. The SMILES string of the molecule is NS(=O)(=O)c1ccc(C(=O)Nc2ccc(OCc3ccccn3)nc2)cc1. The summed E-state index contributed by atoms with van der Waals surface area (Å²) in [7, 11) is -3.79. The van der Waals surface area contributed by atoms with Gasteiger partial charge in [0.2, 0.25) is 15.9 Å². The first kappa shape index (κ1) is 18.5. The molecule has 0 aliphatic heterocycles. The minimum atomic E-state index is -3.79. The van der Waals surface area contributed by atoms with Crippen LogP contribution in [0.5, 0.6) is 5.88 Å². The summed E-state index contributed by atoms with van der Waals surface area (Å²) < 4.78 is 28.0. The topological polar surface area (TPSA) is 124 Å². The number of sulfonamides is 1. The fraction of sp³-hybridized carbons (Fsp3) is 0.0556. The Hall–Kier alpha value is -3.30. The first-order valence-corrected chi connectivity index (χ1v) is 9.39. The fourth-order valence-electron chi connectivity index (χ4n) is 2.17. The van der Waals surface area contributed by atoms with Gasteiger partial charge in [0.15, 0.2) is 0 Å². The average molecular weight is 384 g/mol. The van der Waals surface area contributed by atoms with Gasteiger partial charge in [0.25, 0.3) is 5.91 Å². The second-order valence-electron chi connectivity index (χ2n) is 5.52. The molecule has 0 aliphatic rings. The molecule has 1 amide bonds. The minimum Gasteiger partial charge on any atom is -0.471 e. The van der Waals surface area contributed by atoms with Crippen molar-refractivity contribution < 1.29 is 17.9 Å². The van der Waals surface area contributed by atoms with E-state index in [1.54, 1.807) is 18.3 Å². The number of primary sulfonamides is 1. The van der Waals surface area contributed by atoms with Crippen molar-refractivity contribution >= 4 is 21.6 Å². The molecular formula is C18H16N4O4S. The lowest BCUT2D eigenvalue weighted by Gasteiger charge is -2.08. The van der Waals surface area contributed by atoms with Gasteiger partial charge in [-0.3, -0.25) is 9.78 Å². The van der Waals surface area contributed by atoms with Crippen molar-refractivity contribution in [1.82, 2.24) is 9.97 Å². The van der Waals surface area contributed by atoms with Crippen LogP contribution >= 0.6 is 0 Å². The van der Waals surface area contributed by atoms with Crippen LogP contribution in [0.2, 0.25) is 0 Å². The van der Waals surface area contributed by atoms with Gasteiger partial charge in [0.1, 0.15) is 6.61 Å². The zero-order valence-electron chi connectivity index (χ0n) is 14.1. The first-order valence-electron chi connectivity index (χ1n) is 7.85. The third kappa shape index (κ3) is 5.09. The van der Waals surface area contributed by atoms with E-state index in [1.807, 2.05) is 18.2 Å². The molecule has 3 rings (SSSR count).